The molecule has 2 nitrogen and oxygen atoms in total. The van der Waals surface area contributed by atoms with Gasteiger partial charge in [0.05, 0.1) is 6.26 Å². The van der Waals surface area contributed by atoms with Crippen LogP contribution in [0.5, 0.6) is 0 Å². The molecule has 1 aromatic heterocycles. The van der Waals surface area contributed by atoms with Gasteiger partial charge >= 0.3 is 0 Å². The maximum atomic E-state index is 6.22. The lowest BCUT2D eigenvalue weighted by atomic mass is 10.0. The molecular weight excluding hydrogens is 234 g/mol. The Morgan fingerprint density at radius 2 is 2.06 bits per heavy atom. The normalized spacial score (nSPS) is 12.6. The molecule has 0 radical (unpaired) electrons. The van der Waals surface area contributed by atoms with E-state index in [0.717, 1.165) is 29.3 Å². The first-order chi connectivity index (χ1) is 8.31. The molecule has 1 unspecified atom stereocenters. The van der Waals surface area contributed by atoms with Crippen LogP contribution in [0, 0.1) is 0 Å². The average Bonchev–Trinajstić information content (AvgIpc) is 2.82. The Balaban J connectivity index is 2.20. The predicted octanol–water partition coefficient (Wildman–Crippen LogP) is 3.83. The van der Waals surface area contributed by atoms with Crippen molar-refractivity contribution in [1.82, 2.24) is 5.32 Å². The average molecular weight is 250 g/mol. The smallest absolute Gasteiger partial charge is 0.105 e. The molecule has 0 bridgehead atoms. The quantitative estimate of drug-likeness (QED) is 0.871. The van der Waals surface area contributed by atoms with Crippen LogP contribution < -0.4 is 5.32 Å². The lowest BCUT2D eigenvalue weighted by Crippen LogP contribution is -2.23. The van der Waals surface area contributed by atoms with Crippen molar-refractivity contribution in [2.75, 3.05) is 6.54 Å². The number of benzene rings is 1. The second-order valence-corrected chi connectivity index (χ2v) is 4.32. The first kappa shape index (κ1) is 12.2. The highest BCUT2D eigenvalue weighted by molar-refractivity contribution is 6.31. The highest BCUT2D eigenvalue weighted by Gasteiger charge is 2.15. The summed E-state index contributed by atoms with van der Waals surface area (Å²) in [5.41, 5.74) is 1.12. The van der Waals surface area contributed by atoms with Crippen LogP contribution in [0.2, 0.25) is 5.02 Å². The van der Waals surface area contributed by atoms with Crippen molar-refractivity contribution >= 4 is 11.6 Å². The van der Waals surface area contributed by atoms with Crippen molar-refractivity contribution in [3.8, 4) is 0 Å². The summed E-state index contributed by atoms with van der Waals surface area (Å²) in [7, 11) is 0. The summed E-state index contributed by atoms with van der Waals surface area (Å²) >= 11 is 6.22. The molecule has 0 aliphatic heterocycles. The minimum Gasteiger partial charge on any atom is -0.469 e. The molecule has 0 aliphatic rings. The number of rotatable bonds is 5. The van der Waals surface area contributed by atoms with Crippen LogP contribution >= 0.6 is 11.6 Å². The van der Waals surface area contributed by atoms with Gasteiger partial charge in [-0.1, -0.05) is 36.7 Å². The number of hydrogen-bond acceptors (Lipinski definition) is 2. The predicted molar refractivity (Wildman–Crippen MR) is 70.3 cm³/mol. The Morgan fingerprint density at radius 3 is 2.71 bits per heavy atom. The standard InChI is InChI=1S/C14H16ClNO/c1-2-16-14(10-11-6-5-9-17-11)12-7-3-4-8-13(12)15/h3-9,14,16H,2,10H2,1H3. The molecule has 0 saturated heterocycles. The van der Waals surface area contributed by atoms with E-state index in [1.54, 1.807) is 6.26 Å². The molecule has 1 atom stereocenters. The van der Waals surface area contributed by atoms with Crippen molar-refractivity contribution in [2.45, 2.75) is 19.4 Å². The fourth-order valence-electron chi connectivity index (χ4n) is 1.93. The number of hydrogen-bond donors (Lipinski definition) is 1. The van der Waals surface area contributed by atoms with Crippen molar-refractivity contribution < 1.29 is 4.42 Å². The molecular formula is C14H16ClNO. The Bertz CT molecular complexity index is 453. The Kier molecular flexibility index (Phi) is 4.24. The van der Waals surface area contributed by atoms with E-state index in [1.807, 2.05) is 30.3 Å². The van der Waals surface area contributed by atoms with Crippen LogP contribution in [0.15, 0.2) is 47.1 Å². The van der Waals surface area contributed by atoms with E-state index < -0.39 is 0 Å². The van der Waals surface area contributed by atoms with Crippen LogP contribution in [0.25, 0.3) is 0 Å². The second-order valence-electron chi connectivity index (χ2n) is 3.92. The van der Waals surface area contributed by atoms with E-state index in [9.17, 15) is 0 Å². The zero-order valence-electron chi connectivity index (χ0n) is 9.82. The number of furan rings is 1. The monoisotopic (exact) mass is 249 g/mol. The fraction of sp³-hybridized carbons (Fsp3) is 0.286. The molecule has 2 rings (SSSR count). The summed E-state index contributed by atoms with van der Waals surface area (Å²) in [4.78, 5) is 0. The van der Waals surface area contributed by atoms with Crippen LogP contribution in [-0.2, 0) is 6.42 Å². The third kappa shape index (κ3) is 3.11. The van der Waals surface area contributed by atoms with Crippen molar-refractivity contribution in [1.29, 1.82) is 0 Å². The van der Waals surface area contributed by atoms with Gasteiger partial charge in [0.25, 0.3) is 0 Å². The van der Waals surface area contributed by atoms with E-state index in [2.05, 4.69) is 18.3 Å². The lowest BCUT2D eigenvalue weighted by molar-refractivity contribution is 0.455. The molecule has 1 N–H and O–H groups in total. The molecule has 2 aromatic rings. The van der Waals surface area contributed by atoms with E-state index >= 15 is 0 Å². The van der Waals surface area contributed by atoms with E-state index in [0.29, 0.717) is 0 Å². The minimum absolute atomic E-state index is 0.194. The van der Waals surface area contributed by atoms with Gasteiger partial charge in [0.2, 0.25) is 0 Å². The third-order valence-corrected chi connectivity index (χ3v) is 3.06. The number of halogens is 1. The van der Waals surface area contributed by atoms with Crippen LogP contribution in [0.4, 0.5) is 0 Å². The maximum Gasteiger partial charge on any atom is 0.105 e. The highest BCUT2D eigenvalue weighted by atomic mass is 35.5. The van der Waals surface area contributed by atoms with Gasteiger partial charge in [0.15, 0.2) is 0 Å². The number of nitrogens with one attached hydrogen (secondary N) is 1. The lowest BCUT2D eigenvalue weighted by Gasteiger charge is -2.18. The van der Waals surface area contributed by atoms with Crippen molar-refractivity contribution in [2.24, 2.45) is 0 Å². The minimum atomic E-state index is 0.194. The molecule has 0 amide bonds. The first-order valence-electron chi connectivity index (χ1n) is 5.81. The molecule has 3 heteroatoms. The van der Waals surface area contributed by atoms with E-state index in [4.69, 9.17) is 16.0 Å². The molecule has 0 aliphatic carbocycles. The van der Waals surface area contributed by atoms with Crippen LogP contribution in [0.1, 0.15) is 24.3 Å². The van der Waals surface area contributed by atoms with Gasteiger partial charge in [-0.2, -0.15) is 0 Å². The summed E-state index contributed by atoms with van der Waals surface area (Å²) in [6.07, 6.45) is 2.51. The molecule has 0 saturated carbocycles. The Morgan fingerprint density at radius 1 is 1.24 bits per heavy atom. The molecule has 1 heterocycles. The van der Waals surface area contributed by atoms with Gasteiger partial charge < -0.3 is 9.73 Å². The number of likely N-dealkylation sites (N-methyl/N-ethyl adjacent to an activating group) is 1. The van der Waals surface area contributed by atoms with Crippen LogP contribution in [-0.4, -0.2) is 6.54 Å². The van der Waals surface area contributed by atoms with Gasteiger partial charge in [-0.3, -0.25) is 0 Å². The molecule has 17 heavy (non-hydrogen) atoms. The zero-order chi connectivity index (χ0) is 12.1. The summed E-state index contributed by atoms with van der Waals surface area (Å²) in [6, 6.07) is 12.0. The van der Waals surface area contributed by atoms with Gasteiger partial charge in [0.1, 0.15) is 5.76 Å². The largest absolute Gasteiger partial charge is 0.469 e. The fourth-order valence-corrected chi connectivity index (χ4v) is 2.19. The Hall–Kier alpha value is -1.25. The summed E-state index contributed by atoms with van der Waals surface area (Å²) < 4.78 is 5.39. The van der Waals surface area contributed by atoms with Gasteiger partial charge in [-0.25, -0.2) is 0 Å². The van der Waals surface area contributed by atoms with E-state index in [-0.39, 0.29) is 6.04 Å². The molecule has 0 spiro atoms. The molecule has 0 fully saturated rings. The maximum absolute atomic E-state index is 6.22. The van der Waals surface area contributed by atoms with E-state index in [1.165, 1.54) is 0 Å². The zero-order valence-corrected chi connectivity index (χ0v) is 10.6. The topological polar surface area (TPSA) is 25.2 Å². The third-order valence-electron chi connectivity index (χ3n) is 2.72. The molecule has 90 valence electrons. The van der Waals surface area contributed by atoms with Gasteiger partial charge in [0, 0.05) is 17.5 Å². The Labute approximate surface area is 107 Å². The first-order valence-corrected chi connectivity index (χ1v) is 6.19. The SMILES string of the molecule is CCNC(Cc1ccco1)c1ccccc1Cl. The van der Waals surface area contributed by atoms with Gasteiger partial charge in [-0.15, -0.1) is 0 Å². The van der Waals surface area contributed by atoms with Crippen molar-refractivity contribution in [3.63, 3.8) is 0 Å². The summed E-state index contributed by atoms with van der Waals surface area (Å²) in [5.74, 6) is 0.968. The highest BCUT2D eigenvalue weighted by Crippen LogP contribution is 2.25. The summed E-state index contributed by atoms with van der Waals surface area (Å²) in [6.45, 7) is 2.99. The molecule has 1 aromatic carbocycles. The summed E-state index contributed by atoms with van der Waals surface area (Å²) in [5, 5.41) is 4.23. The second kappa shape index (κ2) is 5.89. The van der Waals surface area contributed by atoms with Gasteiger partial charge in [-0.05, 0) is 30.3 Å². The van der Waals surface area contributed by atoms with Crippen molar-refractivity contribution in [3.05, 3.63) is 59.0 Å². The van der Waals surface area contributed by atoms with Crippen LogP contribution in [0.3, 0.4) is 0 Å².